The lowest BCUT2D eigenvalue weighted by Crippen LogP contribution is -2.32. The Morgan fingerprint density at radius 3 is 2.50 bits per heavy atom. The van der Waals surface area contributed by atoms with Gasteiger partial charge in [0.2, 0.25) is 5.88 Å². The quantitative estimate of drug-likeness (QED) is 0.464. The number of esters is 1. The van der Waals surface area contributed by atoms with E-state index in [0.29, 0.717) is 11.3 Å². The molecule has 8 heteroatoms. The Labute approximate surface area is 151 Å². The molecule has 0 spiro atoms. The van der Waals surface area contributed by atoms with E-state index in [1.807, 2.05) is 0 Å². The van der Waals surface area contributed by atoms with Crippen molar-refractivity contribution in [3.63, 3.8) is 0 Å². The first-order valence-electron chi connectivity index (χ1n) is 7.42. The molecule has 7 nitrogen and oxygen atoms in total. The summed E-state index contributed by atoms with van der Waals surface area (Å²) in [7, 11) is 1.31. The number of nitrogens with zero attached hydrogens (tertiary/aromatic N) is 2. The number of methoxy groups -OCH3 is 1. The fraction of sp³-hybridized carbons (Fsp3) is 0.333. The van der Waals surface area contributed by atoms with Crippen LogP contribution in [0.5, 0.6) is 5.88 Å². The van der Waals surface area contributed by atoms with Gasteiger partial charge in [0.1, 0.15) is 18.3 Å². The zero-order chi connectivity index (χ0) is 18.6. The highest BCUT2D eigenvalue weighted by atomic mass is 19.1. The number of amidine groups is 1. The smallest absolute Gasteiger partial charge is 0.314 e. The number of hydrogen-bond donors (Lipinski definition) is 2. The van der Waals surface area contributed by atoms with Gasteiger partial charge in [-0.05, 0) is 26.0 Å². The topological polar surface area (TPSA) is 111 Å². The summed E-state index contributed by atoms with van der Waals surface area (Å²) in [6.07, 6.45) is 2.82. The van der Waals surface area contributed by atoms with Gasteiger partial charge < -0.3 is 15.2 Å². The fourth-order valence-electron chi connectivity index (χ4n) is 2.02. The van der Waals surface area contributed by atoms with Crippen LogP contribution in [0.4, 0.5) is 4.39 Å². The van der Waals surface area contributed by atoms with Gasteiger partial charge in [-0.3, -0.25) is 10.2 Å². The maximum absolute atomic E-state index is 13.9. The van der Waals surface area contributed by atoms with E-state index in [1.54, 1.807) is 19.9 Å². The molecule has 0 saturated heterocycles. The highest BCUT2D eigenvalue weighted by Gasteiger charge is 2.30. The van der Waals surface area contributed by atoms with Crippen LogP contribution < -0.4 is 10.5 Å². The third kappa shape index (κ3) is 4.75. The minimum Gasteiger partial charge on any atom is -0.475 e. The number of nitrogens with one attached hydrogen (secondary N) is 1. The molecule has 0 aliphatic heterocycles. The van der Waals surface area contributed by atoms with Crippen molar-refractivity contribution in [1.29, 1.82) is 5.41 Å². The van der Waals surface area contributed by atoms with Gasteiger partial charge in [0, 0.05) is 5.56 Å². The molecule has 0 aliphatic carbocycles. The summed E-state index contributed by atoms with van der Waals surface area (Å²) in [5.41, 5.74) is 5.43. The first kappa shape index (κ1) is 21.0. The van der Waals surface area contributed by atoms with Gasteiger partial charge in [-0.1, -0.05) is 13.5 Å². The van der Waals surface area contributed by atoms with Crippen molar-refractivity contribution in [2.75, 3.05) is 13.7 Å². The van der Waals surface area contributed by atoms with Crippen LogP contribution in [-0.4, -0.2) is 35.5 Å². The fourth-order valence-corrected chi connectivity index (χ4v) is 2.02. The maximum Gasteiger partial charge on any atom is 0.314 e. The van der Waals surface area contributed by atoms with E-state index in [-0.39, 0.29) is 31.3 Å². The molecule has 0 atom stereocenters. The van der Waals surface area contributed by atoms with Crippen molar-refractivity contribution < 1.29 is 18.7 Å². The lowest BCUT2D eigenvalue weighted by molar-refractivity contribution is -0.152. The van der Waals surface area contributed by atoms with E-state index < -0.39 is 17.2 Å². The van der Waals surface area contributed by atoms with E-state index in [4.69, 9.17) is 20.6 Å². The molecule has 0 amide bonds. The Bertz CT molecular complexity index is 792. The number of carbonyl (C=O) groups is 1. The van der Waals surface area contributed by atoms with Crippen LogP contribution in [0.1, 0.15) is 26.8 Å². The van der Waals surface area contributed by atoms with Gasteiger partial charge in [-0.2, -0.15) is 0 Å². The summed E-state index contributed by atoms with van der Waals surface area (Å²) in [5, 5.41) is 7.28. The van der Waals surface area contributed by atoms with E-state index in [2.05, 4.69) is 9.97 Å². The second kappa shape index (κ2) is 8.37. The number of rotatable bonds is 6. The minimum atomic E-state index is -0.819. The van der Waals surface area contributed by atoms with Crippen LogP contribution in [-0.2, 0) is 9.53 Å². The van der Waals surface area contributed by atoms with Crippen molar-refractivity contribution >= 4 is 11.8 Å². The minimum absolute atomic E-state index is 0. The van der Waals surface area contributed by atoms with Gasteiger partial charge in [0.05, 0.1) is 36.2 Å². The number of benzene rings is 1. The lowest BCUT2D eigenvalue weighted by atomic mass is 9.95. The average molecular weight is 362 g/mol. The number of halogens is 1. The molecular formula is C18H23FN4O3. The van der Waals surface area contributed by atoms with Crippen LogP contribution in [0.15, 0.2) is 30.6 Å². The summed E-state index contributed by atoms with van der Waals surface area (Å²) in [6.45, 7) is 3.47. The number of carbonyl (C=O) groups excluding carboxylic acids is 1. The monoisotopic (exact) mass is 362 g/mol. The maximum atomic E-state index is 13.9. The summed E-state index contributed by atoms with van der Waals surface area (Å²) in [4.78, 5) is 19.9. The van der Waals surface area contributed by atoms with Crippen molar-refractivity contribution in [2.45, 2.75) is 21.3 Å². The van der Waals surface area contributed by atoms with Crippen LogP contribution in [0, 0.1) is 16.6 Å². The van der Waals surface area contributed by atoms with Crippen LogP contribution in [0.2, 0.25) is 0 Å². The Kier molecular flexibility index (Phi) is 6.77. The molecule has 26 heavy (non-hydrogen) atoms. The number of ether oxygens (including phenoxy) is 2. The van der Waals surface area contributed by atoms with Crippen molar-refractivity contribution in [3.05, 3.63) is 42.0 Å². The molecule has 2 rings (SSSR count). The highest BCUT2D eigenvalue weighted by molar-refractivity contribution is 5.95. The van der Waals surface area contributed by atoms with Crippen molar-refractivity contribution in [1.82, 2.24) is 9.97 Å². The molecule has 2 aromatic rings. The van der Waals surface area contributed by atoms with Gasteiger partial charge in [0.15, 0.2) is 0 Å². The standard InChI is InChI=1S/C17H19FN4O3.CH4/c1-17(2,16(23)24-3)9-25-14-8-21-13(7-22-14)10-4-5-11(15(19)20)12(18)6-10;/h4-8H,9H2,1-3H3,(H3,19,20);1H4. The Hall–Kier alpha value is -3.03. The predicted octanol–water partition coefficient (Wildman–Crippen LogP) is 2.78. The second-order valence-corrected chi connectivity index (χ2v) is 6.01. The summed E-state index contributed by atoms with van der Waals surface area (Å²) in [5.74, 6) is -1.10. The van der Waals surface area contributed by atoms with Gasteiger partial charge >= 0.3 is 5.97 Å². The second-order valence-electron chi connectivity index (χ2n) is 6.01. The van der Waals surface area contributed by atoms with E-state index in [9.17, 15) is 9.18 Å². The molecule has 0 radical (unpaired) electrons. The zero-order valence-electron chi connectivity index (χ0n) is 14.2. The molecule has 0 bridgehead atoms. The van der Waals surface area contributed by atoms with Crippen LogP contribution in [0.3, 0.4) is 0 Å². The van der Waals surface area contributed by atoms with Crippen LogP contribution >= 0.6 is 0 Å². The largest absolute Gasteiger partial charge is 0.475 e. The van der Waals surface area contributed by atoms with Crippen molar-refractivity contribution in [3.8, 4) is 17.1 Å². The predicted molar refractivity (Wildman–Crippen MR) is 96.5 cm³/mol. The molecule has 140 valence electrons. The molecule has 3 N–H and O–H groups in total. The normalized spacial score (nSPS) is 10.6. The lowest BCUT2D eigenvalue weighted by Gasteiger charge is -2.21. The average Bonchev–Trinajstić information content (AvgIpc) is 2.59. The summed E-state index contributed by atoms with van der Waals surface area (Å²) < 4.78 is 24.1. The van der Waals surface area contributed by atoms with Gasteiger partial charge in [-0.25, -0.2) is 14.4 Å². The Morgan fingerprint density at radius 1 is 1.31 bits per heavy atom. The molecule has 0 fully saturated rings. The number of hydrogen-bond acceptors (Lipinski definition) is 6. The molecule has 1 aromatic heterocycles. The van der Waals surface area contributed by atoms with E-state index in [0.717, 1.165) is 0 Å². The number of nitrogens with two attached hydrogens (primary N) is 1. The molecule has 1 heterocycles. The third-order valence-electron chi connectivity index (χ3n) is 3.50. The number of nitrogen functional groups attached to an aromatic ring is 1. The molecular weight excluding hydrogens is 339 g/mol. The SMILES string of the molecule is C.COC(=O)C(C)(C)COc1cnc(-c2ccc(C(=N)N)c(F)c2)cn1. The molecule has 0 unspecified atom stereocenters. The van der Waals surface area contributed by atoms with E-state index >= 15 is 0 Å². The highest BCUT2D eigenvalue weighted by Crippen LogP contribution is 2.22. The first-order valence-corrected chi connectivity index (χ1v) is 7.42. The van der Waals surface area contributed by atoms with Crippen LogP contribution in [0.25, 0.3) is 11.3 Å². The summed E-state index contributed by atoms with van der Waals surface area (Å²) >= 11 is 0. The molecule has 1 aromatic carbocycles. The van der Waals surface area contributed by atoms with Crippen molar-refractivity contribution in [2.24, 2.45) is 11.1 Å². The zero-order valence-corrected chi connectivity index (χ0v) is 14.2. The van der Waals surface area contributed by atoms with Gasteiger partial charge in [0.25, 0.3) is 0 Å². The third-order valence-corrected chi connectivity index (χ3v) is 3.50. The molecule has 0 aliphatic rings. The summed E-state index contributed by atoms with van der Waals surface area (Å²) in [6, 6.07) is 4.25. The van der Waals surface area contributed by atoms with Gasteiger partial charge in [-0.15, -0.1) is 0 Å². The van der Waals surface area contributed by atoms with E-state index in [1.165, 1.54) is 31.6 Å². The Morgan fingerprint density at radius 2 is 2.00 bits per heavy atom. The first-order chi connectivity index (χ1) is 11.7. The molecule has 0 saturated carbocycles. The Balaban J connectivity index is 0.00000338. The number of aromatic nitrogens is 2.